The summed E-state index contributed by atoms with van der Waals surface area (Å²) in [6.45, 7) is 8.00. The lowest BCUT2D eigenvalue weighted by Crippen LogP contribution is -2.14. The predicted molar refractivity (Wildman–Crippen MR) is 73.5 cm³/mol. The standard InChI is InChI=1S/C14H20ClNO/c1-3-4-9-17-14-7-5-13(6-8-14)11-16-10-12(2)15/h5-8,16H,2-4,9-11H2,1H3. The van der Waals surface area contributed by atoms with Crippen LogP contribution >= 0.6 is 11.6 Å². The summed E-state index contributed by atoms with van der Waals surface area (Å²) in [6.07, 6.45) is 2.26. The molecule has 0 heterocycles. The van der Waals surface area contributed by atoms with Crippen molar-refractivity contribution in [3.63, 3.8) is 0 Å². The number of nitrogens with one attached hydrogen (secondary N) is 1. The Hall–Kier alpha value is -0.990. The largest absolute Gasteiger partial charge is 0.494 e. The minimum absolute atomic E-state index is 0.629. The van der Waals surface area contributed by atoms with Crippen LogP contribution in [0.25, 0.3) is 0 Å². The zero-order chi connectivity index (χ0) is 12.5. The van der Waals surface area contributed by atoms with Gasteiger partial charge in [0.05, 0.1) is 6.61 Å². The predicted octanol–water partition coefficient (Wildman–Crippen LogP) is 3.71. The molecular formula is C14H20ClNO. The molecule has 0 atom stereocenters. The first-order valence-electron chi connectivity index (χ1n) is 5.98. The molecule has 0 aliphatic carbocycles. The van der Waals surface area contributed by atoms with Gasteiger partial charge >= 0.3 is 0 Å². The molecule has 0 unspecified atom stereocenters. The van der Waals surface area contributed by atoms with Crippen LogP contribution in [0.5, 0.6) is 5.75 Å². The second kappa shape index (κ2) is 8.15. The van der Waals surface area contributed by atoms with E-state index in [9.17, 15) is 0 Å². The van der Waals surface area contributed by atoms with E-state index in [0.717, 1.165) is 31.7 Å². The maximum absolute atomic E-state index is 5.66. The molecule has 1 N–H and O–H groups in total. The third-order valence-electron chi connectivity index (χ3n) is 2.34. The molecule has 2 nitrogen and oxygen atoms in total. The van der Waals surface area contributed by atoms with Crippen LogP contribution in [0.4, 0.5) is 0 Å². The van der Waals surface area contributed by atoms with Crippen molar-refractivity contribution in [3.8, 4) is 5.75 Å². The second-order valence-electron chi connectivity index (χ2n) is 3.97. The van der Waals surface area contributed by atoms with E-state index in [0.29, 0.717) is 11.6 Å². The summed E-state index contributed by atoms with van der Waals surface area (Å²) in [5, 5.41) is 3.83. The summed E-state index contributed by atoms with van der Waals surface area (Å²) >= 11 is 5.66. The van der Waals surface area contributed by atoms with Crippen LogP contribution in [0.2, 0.25) is 0 Å². The fourth-order valence-electron chi connectivity index (χ4n) is 1.38. The van der Waals surface area contributed by atoms with Crippen LogP contribution in [-0.2, 0) is 6.54 Å². The van der Waals surface area contributed by atoms with Crippen LogP contribution < -0.4 is 10.1 Å². The topological polar surface area (TPSA) is 21.3 Å². The highest BCUT2D eigenvalue weighted by Crippen LogP contribution is 2.12. The normalized spacial score (nSPS) is 10.2. The van der Waals surface area contributed by atoms with Crippen LogP contribution in [0.1, 0.15) is 25.3 Å². The monoisotopic (exact) mass is 253 g/mol. The minimum Gasteiger partial charge on any atom is -0.494 e. The second-order valence-corrected chi connectivity index (χ2v) is 4.50. The van der Waals surface area contributed by atoms with Gasteiger partial charge < -0.3 is 10.1 Å². The van der Waals surface area contributed by atoms with Gasteiger partial charge in [-0.15, -0.1) is 0 Å². The molecule has 17 heavy (non-hydrogen) atoms. The van der Waals surface area contributed by atoms with Gasteiger partial charge in [0.15, 0.2) is 0 Å². The fraction of sp³-hybridized carbons (Fsp3) is 0.429. The van der Waals surface area contributed by atoms with E-state index >= 15 is 0 Å². The lowest BCUT2D eigenvalue weighted by Gasteiger charge is -2.07. The molecule has 0 bridgehead atoms. The SMILES string of the molecule is C=C(Cl)CNCc1ccc(OCCCC)cc1. The first-order valence-corrected chi connectivity index (χ1v) is 6.36. The Morgan fingerprint density at radius 1 is 1.35 bits per heavy atom. The third-order valence-corrected chi connectivity index (χ3v) is 2.47. The zero-order valence-corrected chi connectivity index (χ0v) is 11.1. The van der Waals surface area contributed by atoms with Crippen molar-refractivity contribution >= 4 is 11.6 Å². The average molecular weight is 254 g/mol. The average Bonchev–Trinajstić information content (AvgIpc) is 2.31. The van der Waals surface area contributed by atoms with Crippen molar-refractivity contribution in [2.24, 2.45) is 0 Å². The molecule has 3 heteroatoms. The molecule has 0 radical (unpaired) electrons. The molecular weight excluding hydrogens is 234 g/mol. The number of rotatable bonds is 8. The van der Waals surface area contributed by atoms with Gasteiger partial charge in [-0.25, -0.2) is 0 Å². The smallest absolute Gasteiger partial charge is 0.119 e. The van der Waals surface area contributed by atoms with Crippen molar-refractivity contribution in [1.82, 2.24) is 5.32 Å². The Morgan fingerprint density at radius 3 is 2.65 bits per heavy atom. The van der Waals surface area contributed by atoms with Gasteiger partial charge in [0.2, 0.25) is 0 Å². The minimum atomic E-state index is 0.629. The summed E-state index contributed by atoms with van der Waals surface area (Å²) in [5.41, 5.74) is 1.21. The summed E-state index contributed by atoms with van der Waals surface area (Å²) in [5.74, 6) is 0.934. The quantitative estimate of drug-likeness (QED) is 0.714. The number of halogens is 1. The zero-order valence-electron chi connectivity index (χ0n) is 10.3. The Labute approximate surface area is 109 Å². The first-order chi connectivity index (χ1) is 8.22. The van der Waals surface area contributed by atoms with E-state index in [2.05, 4.69) is 31.0 Å². The van der Waals surface area contributed by atoms with Crippen molar-refractivity contribution < 1.29 is 4.74 Å². The third kappa shape index (κ3) is 6.35. The number of ether oxygens (including phenoxy) is 1. The van der Waals surface area contributed by atoms with Gasteiger partial charge in [-0.2, -0.15) is 0 Å². The highest BCUT2D eigenvalue weighted by atomic mass is 35.5. The Kier molecular flexibility index (Phi) is 6.75. The van der Waals surface area contributed by atoms with Gasteiger partial charge in [-0.3, -0.25) is 0 Å². The van der Waals surface area contributed by atoms with E-state index in [1.54, 1.807) is 0 Å². The molecule has 1 aromatic carbocycles. The Balaban J connectivity index is 2.31. The van der Waals surface area contributed by atoms with E-state index in [1.807, 2.05) is 12.1 Å². The maximum Gasteiger partial charge on any atom is 0.119 e. The lowest BCUT2D eigenvalue weighted by molar-refractivity contribution is 0.309. The van der Waals surface area contributed by atoms with Crippen molar-refractivity contribution in [1.29, 1.82) is 0 Å². The van der Waals surface area contributed by atoms with E-state index < -0.39 is 0 Å². The molecule has 94 valence electrons. The Bertz CT molecular complexity index is 335. The molecule has 1 rings (SSSR count). The van der Waals surface area contributed by atoms with Gasteiger partial charge in [-0.05, 0) is 24.1 Å². The molecule has 0 spiro atoms. The fourth-order valence-corrected chi connectivity index (χ4v) is 1.47. The summed E-state index contributed by atoms with van der Waals surface area (Å²) < 4.78 is 5.59. The number of hydrogen-bond acceptors (Lipinski definition) is 2. The first kappa shape index (κ1) is 14.1. The van der Waals surface area contributed by atoms with E-state index in [4.69, 9.17) is 16.3 Å². The van der Waals surface area contributed by atoms with Crippen LogP contribution in [-0.4, -0.2) is 13.2 Å². The highest BCUT2D eigenvalue weighted by molar-refractivity contribution is 6.29. The van der Waals surface area contributed by atoms with Crippen LogP contribution in [0.3, 0.4) is 0 Å². The number of hydrogen-bond donors (Lipinski definition) is 1. The Morgan fingerprint density at radius 2 is 2.06 bits per heavy atom. The van der Waals surface area contributed by atoms with Gasteiger partial charge in [0, 0.05) is 18.1 Å². The van der Waals surface area contributed by atoms with Gasteiger partial charge in [0.25, 0.3) is 0 Å². The number of unbranched alkanes of at least 4 members (excludes halogenated alkanes) is 1. The molecule has 0 amide bonds. The molecule has 1 aromatic rings. The van der Waals surface area contributed by atoms with E-state index in [-0.39, 0.29) is 0 Å². The van der Waals surface area contributed by atoms with E-state index in [1.165, 1.54) is 5.56 Å². The summed E-state index contributed by atoms with van der Waals surface area (Å²) in [4.78, 5) is 0. The molecule has 0 aromatic heterocycles. The summed E-state index contributed by atoms with van der Waals surface area (Å²) in [6, 6.07) is 8.13. The van der Waals surface area contributed by atoms with Crippen molar-refractivity contribution in [2.75, 3.05) is 13.2 Å². The van der Waals surface area contributed by atoms with Crippen molar-refractivity contribution in [3.05, 3.63) is 41.4 Å². The van der Waals surface area contributed by atoms with Crippen LogP contribution in [0.15, 0.2) is 35.9 Å². The lowest BCUT2D eigenvalue weighted by atomic mass is 10.2. The maximum atomic E-state index is 5.66. The summed E-state index contributed by atoms with van der Waals surface area (Å²) in [7, 11) is 0. The molecule has 0 aliphatic heterocycles. The van der Waals surface area contributed by atoms with Gasteiger partial charge in [-0.1, -0.05) is 43.7 Å². The van der Waals surface area contributed by atoms with Crippen LogP contribution in [0, 0.1) is 0 Å². The van der Waals surface area contributed by atoms with Crippen molar-refractivity contribution in [2.45, 2.75) is 26.3 Å². The molecule has 0 saturated carbocycles. The molecule has 0 saturated heterocycles. The molecule has 0 aliphatic rings. The highest BCUT2D eigenvalue weighted by Gasteiger charge is 1.96. The van der Waals surface area contributed by atoms with Gasteiger partial charge in [0.1, 0.15) is 5.75 Å². The molecule has 0 fully saturated rings. The number of benzene rings is 1.